The fraction of sp³-hybridized carbons (Fsp3) is 0.360. The SMILES string of the molecule is C=Cc1cccc(N2CCCCC2)c1-c1cccc(C(=O)OCC)c1C(=O)OCC. The summed E-state index contributed by atoms with van der Waals surface area (Å²) in [6.07, 6.45) is 5.27. The van der Waals surface area contributed by atoms with E-state index in [1.807, 2.05) is 18.2 Å². The highest BCUT2D eigenvalue weighted by Crippen LogP contribution is 2.39. The van der Waals surface area contributed by atoms with Gasteiger partial charge in [-0.05, 0) is 56.4 Å². The Kier molecular flexibility index (Phi) is 7.28. The minimum atomic E-state index is -0.530. The Bertz CT molecular complexity index is 929. The summed E-state index contributed by atoms with van der Waals surface area (Å²) in [4.78, 5) is 28.0. The number of esters is 2. The van der Waals surface area contributed by atoms with E-state index in [4.69, 9.17) is 9.47 Å². The van der Waals surface area contributed by atoms with Crippen molar-refractivity contribution in [1.82, 2.24) is 0 Å². The second-order valence-electron chi connectivity index (χ2n) is 7.16. The van der Waals surface area contributed by atoms with Crippen LogP contribution in [0.2, 0.25) is 0 Å². The molecule has 3 rings (SSSR count). The molecule has 1 fully saturated rings. The zero-order valence-electron chi connectivity index (χ0n) is 17.8. The molecule has 1 aliphatic heterocycles. The predicted molar refractivity (Wildman–Crippen MR) is 120 cm³/mol. The van der Waals surface area contributed by atoms with Crippen molar-refractivity contribution in [2.75, 3.05) is 31.2 Å². The number of carbonyl (C=O) groups is 2. The first kappa shape index (κ1) is 21.6. The Morgan fingerprint density at radius 1 is 0.967 bits per heavy atom. The summed E-state index contributed by atoms with van der Waals surface area (Å²) in [6.45, 7) is 9.84. The predicted octanol–water partition coefficient (Wildman–Crippen LogP) is 5.34. The van der Waals surface area contributed by atoms with E-state index in [9.17, 15) is 9.59 Å². The highest BCUT2D eigenvalue weighted by atomic mass is 16.5. The Labute approximate surface area is 178 Å². The van der Waals surface area contributed by atoms with E-state index < -0.39 is 11.9 Å². The molecule has 2 aromatic rings. The molecule has 0 atom stereocenters. The Morgan fingerprint density at radius 3 is 2.30 bits per heavy atom. The van der Waals surface area contributed by atoms with Gasteiger partial charge in [-0.25, -0.2) is 9.59 Å². The van der Waals surface area contributed by atoms with Crippen LogP contribution in [0.4, 0.5) is 5.69 Å². The third-order valence-corrected chi connectivity index (χ3v) is 5.30. The zero-order chi connectivity index (χ0) is 21.5. The lowest BCUT2D eigenvalue weighted by Gasteiger charge is -2.32. The van der Waals surface area contributed by atoms with Gasteiger partial charge in [0.2, 0.25) is 0 Å². The molecule has 1 saturated heterocycles. The standard InChI is InChI=1S/C25H29NO4/c1-4-18-12-10-15-21(26-16-8-7-9-17-26)22(18)19-13-11-14-20(24(27)29-5-2)23(19)25(28)30-6-3/h4,10-15H,1,5-9,16-17H2,2-3H3. The number of nitrogens with zero attached hydrogens (tertiary/aromatic N) is 1. The summed E-state index contributed by atoms with van der Waals surface area (Å²) in [5, 5.41) is 0. The van der Waals surface area contributed by atoms with Crippen LogP contribution in [-0.2, 0) is 9.47 Å². The number of hydrogen-bond acceptors (Lipinski definition) is 5. The van der Waals surface area contributed by atoms with Crippen molar-refractivity contribution in [1.29, 1.82) is 0 Å². The van der Waals surface area contributed by atoms with Gasteiger partial charge in [0.1, 0.15) is 0 Å². The molecule has 0 saturated carbocycles. The van der Waals surface area contributed by atoms with Crippen LogP contribution in [0.15, 0.2) is 43.0 Å². The minimum absolute atomic E-state index is 0.219. The lowest BCUT2D eigenvalue weighted by Crippen LogP contribution is -2.30. The lowest BCUT2D eigenvalue weighted by molar-refractivity contribution is 0.0479. The summed E-state index contributed by atoms with van der Waals surface area (Å²) in [6, 6.07) is 11.3. The smallest absolute Gasteiger partial charge is 0.339 e. The quantitative estimate of drug-likeness (QED) is 0.580. The number of carbonyl (C=O) groups excluding carboxylic acids is 2. The first-order chi connectivity index (χ1) is 14.6. The van der Waals surface area contributed by atoms with Crippen molar-refractivity contribution in [3.05, 3.63) is 59.7 Å². The molecule has 0 amide bonds. The third-order valence-electron chi connectivity index (χ3n) is 5.30. The monoisotopic (exact) mass is 407 g/mol. The maximum Gasteiger partial charge on any atom is 0.339 e. The van der Waals surface area contributed by atoms with Crippen molar-refractivity contribution < 1.29 is 19.1 Å². The lowest BCUT2D eigenvalue weighted by atomic mass is 9.90. The van der Waals surface area contributed by atoms with Gasteiger partial charge < -0.3 is 14.4 Å². The largest absolute Gasteiger partial charge is 0.462 e. The van der Waals surface area contributed by atoms with Gasteiger partial charge in [-0.2, -0.15) is 0 Å². The fourth-order valence-electron chi connectivity index (χ4n) is 3.98. The summed E-state index contributed by atoms with van der Waals surface area (Å²) >= 11 is 0. The van der Waals surface area contributed by atoms with Crippen LogP contribution in [-0.4, -0.2) is 38.2 Å². The van der Waals surface area contributed by atoms with Crippen molar-refractivity contribution in [3.63, 3.8) is 0 Å². The van der Waals surface area contributed by atoms with E-state index in [-0.39, 0.29) is 24.3 Å². The molecule has 0 N–H and O–H groups in total. The van der Waals surface area contributed by atoms with Crippen LogP contribution in [0, 0.1) is 0 Å². The van der Waals surface area contributed by atoms with Crippen LogP contribution >= 0.6 is 0 Å². The van der Waals surface area contributed by atoms with Crippen molar-refractivity contribution in [2.24, 2.45) is 0 Å². The molecule has 30 heavy (non-hydrogen) atoms. The van der Waals surface area contributed by atoms with Gasteiger partial charge in [0.05, 0.1) is 24.3 Å². The van der Waals surface area contributed by atoms with Gasteiger partial charge in [0, 0.05) is 24.3 Å². The van der Waals surface area contributed by atoms with Crippen LogP contribution in [0.25, 0.3) is 17.2 Å². The highest BCUT2D eigenvalue weighted by molar-refractivity contribution is 6.09. The molecule has 0 bridgehead atoms. The van der Waals surface area contributed by atoms with Crippen LogP contribution in [0.3, 0.4) is 0 Å². The van der Waals surface area contributed by atoms with Gasteiger partial charge in [0.15, 0.2) is 0 Å². The van der Waals surface area contributed by atoms with Gasteiger partial charge >= 0.3 is 11.9 Å². The van der Waals surface area contributed by atoms with Gasteiger partial charge in [-0.15, -0.1) is 0 Å². The number of benzene rings is 2. The van der Waals surface area contributed by atoms with E-state index >= 15 is 0 Å². The van der Waals surface area contributed by atoms with Crippen molar-refractivity contribution in [3.8, 4) is 11.1 Å². The van der Waals surface area contributed by atoms with E-state index in [0.29, 0.717) is 5.56 Å². The Balaban J connectivity index is 2.26. The maximum atomic E-state index is 13.0. The van der Waals surface area contributed by atoms with Crippen LogP contribution in [0.5, 0.6) is 0 Å². The third kappa shape index (κ3) is 4.40. The fourth-order valence-corrected chi connectivity index (χ4v) is 3.98. The molecule has 2 aromatic carbocycles. The first-order valence-corrected chi connectivity index (χ1v) is 10.6. The first-order valence-electron chi connectivity index (χ1n) is 10.6. The van der Waals surface area contributed by atoms with Crippen molar-refractivity contribution in [2.45, 2.75) is 33.1 Å². The number of hydrogen-bond donors (Lipinski definition) is 0. The van der Waals surface area contributed by atoms with E-state index in [1.165, 1.54) is 6.42 Å². The van der Waals surface area contributed by atoms with Crippen molar-refractivity contribution >= 4 is 23.7 Å². The molecule has 0 unspecified atom stereocenters. The molecule has 0 radical (unpaired) electrons. The molecule has 5 heteroatoms. The average molecular weight is 408 g/mol. The number of rotatable bonds is 7. The molecule has 5 nitrogen and oxygen atoms in total. The summed E-state index contributed by atoms with van der Waals surface area (Å²) in [7, 11) is 0. The van der Waals surface area contributed by atoms with Gasteiger partial charge in [-0.1, -0.05) is 36.9 Å². The summed E-state index contributed by atoms with van der Waals surface area (Å²) < 4.78 is 10.5. The van der Waals surface area contributed by atoms with E-state index in [1.54, 1.807) is 32.1 Å². The van der Waals surface area contributed by atoms with Crippen LogP contribution < -0.4 is 4.90 Å². The second kappa shape index (κ2) is 10.1. The second-order valence-corrected chi connectivity index (χ2v) is 7.16. The number of ether oxygens (including phenoxy) is 2. The highest BCUT2D eigenvalue weighted by Gasteiger charge is 2.27. The normalized spacial score (nSPS) is 13.6. The maximum absolute atomic E-state index is 13.0. The number of piperidine rings is 1. The average Bonchev–Trinajstić information content (AvgIpc) is 2.79. The Hall–Kier alpha value is -3.08. The summed E-state index contributed by atoms with van der Waals surface area (Å²) in [5.74, 6) is -1.06. The molecule has 0 spiro atoms. The number of anilines is 1. The Morgan fingerprint density at radius 2 is 1.63 bits per heavy atom. The topological polar surface area (TPSA) is 55.8 Å². The molecule has 1 aliphatic rings. The van der Waals surface area contributed by atoms with Gasteiger partial charge in [0.25, 0.3) is 0 Å². The molecular formula is C25H29NO4. The molecule has 0 aliphatic carbocycles. The molecular weight excluding hydrogens is 378 g/mol. The molecule has 158 valence electrons. The zero-order valence-corrected chi connectivity index (χ0v) is 17.8. The summed E-state index contributed by atoms with van der Waals surface area (Å²) in [5.41, 5.74) is 3.96. The van der Waals surface area contributed by atoms with Gasteiger partial charge in [-0.3, -0.25) is 0 Å². The van der Waals surface area contributed by atoms with E-state index in [2.05, 4.69) is 17.5 Å². The molecule has 1 heterocycles. The van der Waals surface area contributed by atoms with Crippen LogP contribution in [0.1, 0.15) is 59.4 Å². The van der Waals surface area contributed by atoms with E-state index in [0.717, 1.165) is 42.7 Å². The molecule has 0 aromatic heterocycles. The minimum Gasteiger partial charge on any atom is -0.462 e.